The predicted molar refractivity (Wildman–Crippen MR) is 101 cm³/mol. The molecule has 5 heteroatoms. The molecule has 3 rings (SSSR count). The molecule has 0 spiro atoms. The average molecular weight is 355 g/mol. The lowest BCUT2D eigenvalue weighted by Crippen LogP contribution is -2.21. The molecule has 5 nitrogen and oxygen atoms in total. The Labute approximate surface area is 154 Å². The lowest BCUT2D eigenvalue weighted by atomic mass is 10.1. The highest BCUT2D eigenvalue weighted by Gasteiger charge is 2.44. The standard InChI is InChI=1S/C21H25NO4/c1-16(23)22-19-8-3-4-9-20(19)26-15-21(10-11-21)14-25-18-7-5-6-17(12-18)13-24-2/h3-9,12H,10-11,13-15H2,1-2H3,(H,22,23). The lowest BCUT2D eigenvalue weighted by molar-refractivity contribution is -0.114. The van der Waals surface area contributed by atoms with Gasteiger partial charge in [-0.05, 0) is 42.7 Å². The van der Waals surface area contributed by atoms with E-state index in [1.807, 2.05) is 48.5 Å². The van der Waals surface area contributed by atoms with Crippen LogP contribution in [0.15, 0.2) is 48.5 Å². The zero-order valence-corrected chi connectivity index (χ0v) is 15.3. The topological polar surface area (TPSA) is 56.8 Å². The van der Waals surface area contributed by atoms with E-state index in [0.29, 0.717) is 31.3 Å². The number of ether oxygens (including phenoxy) is 3. The van der Waals surface area contributed by atoms with Gasteiger partial charge < -0.3 is 19.5 Å². The Balaban J connectivity index is 1.56. The Bertz CT molecular complexity index is 755. The predicted octanol–water partition coefficient (Wildman–Crippen LogP) is 4.03. The highest BCUT2D eigenvalue weighted by molar-refractivity contribution is 5.90. The fourth-order valence-corrected chi connectivity index (χ4v) is 2.75. The monoisotopic (exact) mass is 355 g/mol. The molecule has 1 saturated carbocycles. The third-order valence-electron chi connectivity index (χ3n) is 4.44. The molecule has 1 aliphatic rings. The molecule has 0 heterocycles. The summed E-state index contributed by atoms with van der Waals surface area (Å²) in [7, 11) is 1.68. The van der Waals surface area contributed by atoms with Crippen LogP contribution in [0.1, 0.15) is 25.3 Å². The van der Waals surface area contributed by atoms with Gasteiger partial charge in [0.15, 0.2) is 0 Å². The molecule has 1 aliphatic carbocycles. The molecular formula is C21H25NO4. The minimum atomic E-state index is -0.110. The summed E-state index contributed by atoms with van der Waals surface area (Å²) in [6, 6.07) is 15.5. The Morgan fingerprint density at radius 3 is 2.58 bits per heavy atom. The van der Waals surface area contributed by atoms with Gasteiger partial charge in [-0.1, -0.05) is 24.3 Å². The van der Waals surface area contributed by atoms with Crippen LogP contribution in [0.3, 0.4) is 0 Å². The van der Waals surface area contributed by atoms with Crippen molar-refractivity contribution in [3.63, 3.8) is 0 Å². The second-order valence-corrected chi connectivity index (χ2v) is 6.84. The minimum Gasteiger partial charge on any atom is -0.493 e. The summed E-state index contributed by atoms with van der Waals surface area (Å²) in [4.78, 5) is 11.3. The van der Waals surface area contributed by atoms with Gasteiger partial charge in [0.05, 0.1) is 25.5 Å². The molecule has 0 aliphatic heterocycles. The van der Waals surface area contributed by atoms with Crippen LogP contribution in [0.5, 0.6) is 11.5 Å². The van der Waals surface area contributed by atoms with Crippen molar-refractivity contribution in [3.05, 3.63) is 54.1 Å². The second-order valence-electron chi connectivity index (χ2n) is 6.84. The quantitative estimate of drug-likeness (QED) is 0.738. The Kier molecular flexibility index (Phi) is 5.78. The maximum Gasteiger partial charge on any atom is 0.221 e. The number of para-hydroxylation sites is 2. The molecule has 26 heavy (non-hydrogen) atoms. The van der Waals surface area contributed by atoms with Crippen molar-refractivity contribution in [1.82, 2.24) is 0 Å². The summed E-state index contributed by atoms with van der Waals surface area (Å²) in [5.74, 6) is 1.43. The zero-order valence-electron chi connectivity index (χ0n) is 15.3. The van der Waals surface area contributed by atoms with Crippen molar-refractivity contribution in [2.45, 2.75) is 26.4 Å². The third-order valence-corrected chi connectivity index (χ3v) is 4.44. The van der Waals surface area contributed by atoms with E-state index in [2.05, 4.69) is 5.32 Å². The number of carbonyl (C=O) groups is 1. The molecule has 1 N–H and O–H groups in total. The first-order valence-electron chi connectivity index (χ1n) is 8.80. The van der Waals surface area contributed by atoms with Crippen LogP contribution in [0.25, 0.3) is 0 Å². The number of amides is 1. The Morgan fingerprint density at radius 1 is 1.08 bits per heavy atom. The van der Waals surface area contributed by atoms with Gasteiger partial charge >= 0.3 is 0 Å². The highest BCUT2D eigenvalue weighted by atomic mass is 16.5. The number of rotatable bonds is 9. The van der Waals surface area contributed by atoms with Crippen molar-refractivity contribution >= 4 is 11.6 Å². The largest absolute Gasteiger partial charge is 0.493 e. The number of nitrogens with one attached hydrogen (secondary N) is 1. The normalized spacial score (nSPS) is 14.5. The molecule has 138 valence electrons. The van der Waals surface area contributed by atoms with Crippen LogP contribution < -0.4 is 14.8 Å². The van der Waals surface area contributed by atoms with Gasteiger partial charge in [0.25, 0.3) is 0 Å². The number of hydrogen-bond donors (Lipinski definition) is 1. The van der Waals surface area contributed by atoms with Gasteiger partial charge in [0.1, 0.15) is 11.5 Å². The summed E-state index contributed by atoms with van der Waals surface area (Å²) in [6.07, 6.45) is 2.15. The average Bonchev–Trinajstić information content (AvgIpc) is 3.40. The molecule has 2 aromatic rings. The Morgan fingerprint density at radius 2 is 1.85 bits per heavy atom. The second kappa shape index (κ2) is 8.23. The molecule has 0 aromatic heterocycles. The SMILES string of the molecule is COCc1cccc(OCC2(COc3ccccc3NC(C)=O)CC2)c1. The van der Waals surface area contributed by atoms with Crippen molar-refractivity contribution in [1.29, 1.82) is 0 Å². The van der Waals surface area contributed by atoms with Crippen molar-refractivity contribution in [2.75, 3.05) is 25.6 Å². The van der Waals surface area contributed by atoms with Gasteiger partial charge in [-0.15, -0.1) is 0 Å². The van der Waals surface area contributed by atoms with Crippen LogP contribution in [0.4, 0.5) is 5.69 Å². The fraction of sp³-hybridized carbons (Fsp3) is 0.381. The third kappa shape index (κ3) is 4.99. The van der Waals surface area contributed by atoms with E-state index < -0.39 is 0 Å². The van der Waals surface area contributed by atoms with E-state index in [4.69, 9.17) is 14.2 Å². The molecule has 1 amide bonds. The molecule has 0 bridgehead atoms. The highest BCUT2D eigenvalue weighted by Crippen LogP contribution is 2.46. The number of anilines is 1. The van der Waals surface area contributed by atoms with Crippen LogP contribution in [-0.4, -0.2) is 26.2 Å². The van der Waals surface area contributed by atoms with Gasteiger partial charge in [-0.25, -0.2) is 0 Å². The van der Waals surface area contributed by atoms with Crippen molar-refractivity contribution < 1.29 is 19.0 Å². The first kappa shape index (κ1) is 18.3. The van der Waals surface area contributed by atoms with Gasteiger partial charge in [-0.2, -0.15) is 0 Å². The lowest BCUT2D eigenvalue weighted by Gasteiger charge is -2.19. The molecule has 0 saturated heterocycles. The van der Waals surface area contributed by atoms with E-state index in [0.717, 1.165) is 24.2 Å². The van der Waals surface area contributed by atoms with Gasteiger partial charge in [0.2, 0.25) is 5.91 Å². The number of methoxy groups -OCH3 is 1. The van der Waals surface area contributed by atoms with Gasteiger partial charge in [0, 0.05) is 19.4 Å². The number of hydrogen-bond acceptors (Lipinski definition) is 4. The van der Waals surface area contributed by atoms with Crippen molar-refractivity contribution in [3.8, 4) is 11.5 Å². The maximum absolute atomic E-state index is 11.3. The van der Waals surface area contributed by atoms with E-state index in [-0.39, 0.29) is 11.3 Å². The first-order chi connectivity index (χ1) is 12.6. The van der Waals surface area contributed by atoms with Crippen LogP contribution in [0, 0.1) is 5.41 Å². The van der Waals surface area contributed by atoms with Crippen molar-refractivity contribution in [2.24, 2.45) is 5.41 Å². The molecule has 0 unspecified atom stereocenters. The maximum atomic E-state index is 11.3. The molecule has 0 radical (unpaired) electrons. The smallest absolute Gasteiger partial charge is 0.221 e. The summed E-state index contributed by atoms with van der Waals surface area (Å²) < 4.78 is 17.2. The summed E-state index contributed by atoms with van der Waals surface area (Å²) in [5.41, 5.74) is 1.83. The van der Waals surface area contributed by atoms with E-state index in [1.165, 1.54) is 6.92 Å². The Hall–Kier alpha value is -2.53. The first-order valence-corrected chi connectivity index (χ1v) is 8.80. The number of benzene rings is 2. The minimum absolute atomic E-state index is 0.0423. The van der Waals surface area contributed by atoms with E-state index >= 15 is 0 Å². The summed E-state index contributed by atoms with van der Waals surface area (Å²) >= 11 is 0. The van der Waals surface area contributed by atoms with Crippen LogP contribution in [0.2, 0.25) is 0 Å². The summed E-state index contributed by atoms with van der Waals surface area (Å²) in [6.45, 7) is 3.25. The van der Waals surface area contributed by atoms with Crippen LogP contribution >= 0.6 is 0 Å². The molecule has 1 fully saturated rings. The summed E-state index contributed by atoms with van der Waals surface area (Å²) in [5, 5.41) is 2.80. The molecule has 0 atom stereocenters. The van der Waals surface area contributed by atoms with E-state index in [1.54, 1.807) is 7.11 Å². The zero-order chi connectivity index (χ0) is 18.4. The van der Waals surface area contributed by atoms with Crippen LogP contribution in [-0.2, 0) is 16.1 Å². The number of carbonyl (C=O) groups excluding carboxylic acids is 1. The molecule has 2 aromatic carbocycles. The fourth-order valence-electron chi connectivity index (χ4n) is 2.75. The molecular weight excluding hydrogens is 330 g/mol. The van der Waals surface area contributed by atoms with Gasteiger partial charge in [-0.3, -0.25) is 4.79 Å². The van der Waals surface area contributed by atoms with E-state index in [9.17, 15) is 4.79 Å².